The van der Waals surface area contributed by atoms with Gasteiger partial charge in [0, 0.05) is 24.4 Å². The molecule has 4 heteroatoms. The highest BCUT2D eigenvalue weighted by Gasteiger charge is 2.36. The van der Waals surface area contributed by atoms with E-state index in [1.807, 2.05) is 0 Å². The van der Waals surface area contributed by atoms with E-state index >= 15 is 0 Å². The van der Waals surface area contributed by atoms with E-state index in [2.05, 4.69) is 67.7 Å². The summed E-state index contributed by atoms with van der Waals surface area (Å²) in [7, 11) is 0. The Bertz CT molecular complexity index is 947. The largest absolute Gasteiger partial charge is 0.466 e. The Morgan fingerprint density at radius 1 is 1.00 bits per heavy atom. The van der Waals surface area contributed by atoms with Gasteiger partial charge < -0.3 is 4.74 Å². The Morgan fingerprint density at radius 2 is 1.62 bits per heavy atom. The second kappa shape index (κ2) is 8.37. The average molecular weight is 391 g/mol. The molecule has 0 spiro atoms. The molecule has 0 bridgehead atoms. The quantitative estimate of drug-likeness (QED) is 0.560. The molecule has 0 saturated heterocycles. The van der Waals surface area contributed by atoms with Gasteiger partial charge in [-0.2, -0.15) is 0 Å². The summed E-state index contributed by atoms with van der Waals surface area (Å²) in [6, 6.07) is 6.61. The molecule has 1 heterocycles. The summed E-state index contributed by atoms with van der Waals surface area (Å²) >= 11 is 0. The van der Waals surface area contributed by atoms with Gasteiger partial charge in [-0.15, -0.1) is 0 Å². The molecule has 3 rings (SSSR count). The van der Waals surface area contributed by atoms with Gasteiger partial charge >= 0.3 is 5.97 Å². The van der Waals surface area contributed by atoms with Crippen molar-refractivity contribution in [2.45, 2.75) is 71.1 Å². The van der Waals surface area contributed by atoms with E-state index in [0.717, 1.165) is 11.1 Å². The van der Waals surface area contributed by atoms with Crippen molar-refractivity contribution in [1.82, 2.24) is 9.97 Å². The standard InChI is InChI=1S/C25H30N2O2/c1-6-29-23(28)12-11-22-26-16-19(17-27-22)8-7-18-9-10-20-21(15-18)25(4,5)14-13-24(20,2)3/h9-10,15-17H,6,11-14H2,1-5H3. The lowest BCUT2D eigenvalue weighted by atomic mass is 9.63. The molecule has 1 aliphatic rings. The maximum absolute atomic E-state index is 11.4. The number of fused-ring (bicyclic) bond motifs is 1. The van der Waals surface area contributed by atoms with Crippen LogP contribution >= 0.6 is 0 Å². The second-order valence-corrected chi connectivity index (χ2v) is 8.97. The molecule has 0 radical (unpaired) electrons. The van der Waals surface area contributed by atoms with E-state index in [4.69, 9.17) is 4.74 Å². The fraction of sp³-hybridized carbons (Fsp3) is 0.480. The highest BCUT2D eigenvalue weighted by Crippen LogP contribution is 2.45. The van der Waals surface area contributed by atoms with Gasteiger partial charge in [0.2, 0.25) is 0 Å². The molecule has 0 amide bonds. The van der Waals surface area contributed by atoms with Gasteiger partial charge in [0.05, 0.1) is 18.6 Å². The van der Waals surface area contributed by atoms with Gasteiger partial charge in [0.25, 0.3) is 0 Å². The third kappa shape index (κ3) is 5.03. The number of hydrogen-bond acceptors (Lipinski definition) is 4. The number of aryl methyl sites for hydroxylation is 1. The van der Waals surface area contributed by atoms with Crippen molar-refractivity contribution in [1.29, 1.82) is 0 Å². The molecule has 0 aliphatic heterocycles. The third-order valence-corrected chi connectivity index (χ3v) is 5.77. The number of hydrogen-bond donors (Lipinski definition) is 0. The Morgan fingerprint density at radius 3 is 2.28 bits per heavy atom. The van der Waals surface area contributed by atoms with Gasteiger partial charge in [-0.1, -0.05) is 45.6 Å². The molecule has 1 aromatic heterocycles. The number of rotatable bonds is 4. The number of aromatic nitrogens is 2. The monoisotopic (exact) mass is 390 g/mol. The van der Waals surface area contributed by atoms with Gasteiger partial charge in [-0.3, -0.25) is 4.79 Å². The number of carbonyl (C=O) groups excluding carboxylic acids is 1. The maximum Gasteiger partial charge on any atom is 0.306 e. The van der Waals surface area contributed by atoms with Crippen LogP contribution in [0.3, 0.4) is 0 Å². The lowest BCUT2D eigenvalue weighted by molar-refractivity contribution is -0.143. The van der Waals surface area contributed by atoms with Crippen LogP contribution < -0.4 is 0 Å². The van der Waals surface area contributed by atoms with Crippen LogP contribution in [0.5, 0.6) is 0 Å². The number of ether oxygens (including phenoxy) is 1. The predicted octanol–water partition coefficient (Wildman–Crippen LogP) is 4.72. The Labute approximate surface area is 174 Å². The highest BCUT2D eigenvalue weighted by atomic mass is 16.5. The number of nitrogens with zero attached hydrogens (tertiary/aromatic N) is 2. The van der Waals surface area contributed by atoms with E-state index in [1.54, 1.807) is 19.3 Å². The minimum absolute atomic E-state index is 0.173. The van der Waals surface area contributed by atoms with Crippen molar-refractivity contribution < 1.29 is 9.53 Å². The first-order chi connectivity index (χ1) is 13.7. The van der Waals surface area contributed by atoms with Crippen LogP contribution in [0.15, 0.2) is 30.6 Å². The van der Waals surface area contributed by atoms with Crippen LogP contribution in [0.2, 0.25) is 0 Å². The number of esters is 1. The number of carbonyl (C=O) groups is 1. The molecule has 1 aliphatic carbocycles. The van der Waals surface area contributed by atoms with Crippen molar-refractivity contribution in [3.8, 4) is 11.8 Å². The lowest BCUT2D eigenvalue weighted by Gasteiger charge is -2.41. The van der Waals surface area contributed by atoms with Crippen LogP contribution in [0, 0.1) is 11.8 Å². The third-order valence-electron chi connectivity index (χ3n) is 5.77. The lowest BCUT2D eigenvalue weighted by Crippen LogP contribution is -2.33. The fourth-order valence-electron chi connectivity index (χ4n) is 3.81. The fourth-order valence-corrected chi connectivity index (χ4v) is 3.81. The molecule has 152 valence electrons. The highest BCUT2D eigenvalue weighted by molar-refractivity contribution is 5.69. The topological polar surface area (TPSA) is 52.1 Å². The predicted molar refractivity (Wildman–Crippen MR) is 115 cm³/mol. The normalized spacial score (nSPS) is 16.3. The van der Waals surface area contributed by atoms with Crippen LogP contribution in [-0.4, -0.2) is 22.5 Å². The first kappa shape index (κ1) is 21.0. The Balaban J connectivity index is 1.74. The molecule has 0 unspecified atom stereocenters. The van der Waals surface area contributed by atoms with Crippen molar-refractivity contribution in [3.05, 3.63) is 58.7 Å². The van der Waals surface area contributed by atoms with Gasteiger partial charge in [-0.25, -0.2) is 9.97 Å². The average Bonchev–Trinajstić information content (AvgIpc) is 2.69. The molecular formula is C25H30N2O2. The molecular weight excluding hydrogens is 360 g/mol. The van der Waals surface area contributed by atoms with E-state index < -0.39 is 0 Å². The van der Waals surface area contributed by atoms with E-state index in [0.29, 0.717) is 25.3 Å². The van der Waals surface area contributed by atoms with Crippen molar-refractivity contribution >= 4 is 5.97 Å². The summed E-state index contributed by atoms with van der Waals surface area (Å²) < 4.78 is 4.92. The Kier molecular flexibility index (Phi) is 6.07. The first-order valence-electron chi connectivity index (χ1n) is 10.3. The SMILES string of the molecule is CCOC(=O)CCc1ncc(C#Cc2ccc3c(c2)C(C)(C)CCC3(C)C)cn1. The van der Waals surface area contributed by atoms with Crippen LogP contribution in [0.25, 0.3) is 0 Å². The molecule has 2 aromatic rings. The summed E-state index contributed by atoms with van der Waals surface area (Å²) in [4.78, 5) is 20.1. The van der Waals surface area contributed by atoms with Crippen molar-refractivity contribution in [3.63, 3.8) is 0 Å². The van der Waals surface area contributed by atoms with E-state index in [-0.39, 0.29) is 16.8 Å². The Hall–Kier alpha value is -2.67. The molecule has 0 saturated carbocycles. The molecule has 4 nitrogen and oxygen atoms in total. The van der Waals surface area contributed by atoms with Crippen molar-refractivity contribution in [2.75, 3.05) is 6.61 Å². The summed E-state index contributed by atoms with van der Waals surface area (Å²) in [5.41, 5.74) is 5.01. The molecule has 0 fully saturated rings. The summed E-state index contributed by atoms with van der Waals surface area (Å²) in [6.45, 7) is 11.5. The van der Waals surface area contributed by atoms with Gasteiger partial charge in [0.1, 0.15) is 5.82 Å². The van der Waals surface area contributed by atoms with E-state index in [9.17, 15) is 4.79 Å². The summed E-state index contributed by atoms with van der Waals surface area (Å²) in [5.74, 6) is 6.82. The minimum atomic E-state index is -0.224. The zero-order chi connectivity index (χ0) is 21.1. The van der Waals surface area contributed by atoms with Gasteiger partial charge in [0.15, 0.2) is 0 Å². The minimum Gasteiger partial charge on any atom is -0.466 e. The van der Waals surface area contributed by atoms with Crippen molar-refractivity contribution in [2.24, 2.45) is 0 Å². The van der Waals surface area contributed by atoms with Crippen LogP contribution in [0.1, 0.15) is 82.0 Å². The smallest absolute Gasteiger partial charge is 0.306 e. The second-order valence-electron chi connectivity index (χ2n) is 8.97. The van der Waals surface area contributed by atoms with Crippen LogP contribution in [-0.2, 0) is 26.8 Å². The summed E-state index contributed by atoms with van der Waals surface area (Å²) in [5, 5.41) is 0. The van der Waals surface area contributed by atoms with Gasteiger partial charge in [-0.05, 0) is 53.9 Å². The summed E-state index contributed by atoms with van der Waals surface area (Å²) in [6.07, 6.45) is 6.59. The molecule has 0 N–H and O–H groups in total. The molecule has 29 heavy (non-hydrogen) atoms. The maximum atomic E-state index is 11.4. The zero-order valence-corrected chi connectivity index (χ0v) is 18.1. The zero-order valence-electron chi connectivity index (χ0n) is 18.1. The first-order valence-corrected chi connectivity index (χ1v) is 10.3. The molecule has 1 aromatic carbocycles. The van der Waals surface area contributed by atoms with E-state index in [1.165, 1.54) is 24.0 Å². The molecule has 0 atom stereocenters. The number of benzene rings is 1. The van der Waals surface area contributed by atoms with Crippen LogP contribution in [0.4, 0.5) is 0 Å².